The second-order valence-electron chi connectivity index (χ2n) is 12.8. The van der Waals surface area contributed by atoms with Crippen LogP contribution in [0.4, 0.5) is 0 Å². The van der Waals surface area contributed by atoms with Gasteiger partial charge in [-0.1, -0.05) is 170 Å². The van der Waals surface area contributed by atoms with E-state index in [-0.39, 0.29) is 50.4 Å². The van der Waals surface area contributed by atoms with Crippen molar-refractivity contribution in [3.05, 3.63) is 182 Å². The highest BCUT2D eigenvalue weighted by atomic mass is 16.3. The average molecular weight is 656 g/mol. The molecule has 0 aliphatic carbocycles. The lowest BCUT2D eigenvalue weighted by atomic mass is 9.81. The summed E-state index contributed by atoms with van der Waals surface area (Å²) in [6, 6.07) is 39.3. The van der Waals surface area contributed by atoms with Gasteiger partial charge >= 0.3 is 0 Å². The maximum atomic E-state index is 9.63. The fraction of sp³-hybridized carbons (Fsp3) is 0. The summed E-state index contributed by atoms with van der Waals surface area (Å²) in [5.41, 5.74) is 4.42. The molecule has 0 aliphatic rings. The van der Waals surface area contributed by atoms with Crippen LogP contribution in [0.15, 0.2) is 186 Å². The second-order valence-corrected chi connectivity index (χ2v) is 12.8. The van der Waals surface area contributed by atoms with Crippen molar-refractivity contribution in [2.24, 2.45) is 0 Å². The molecule has 11 aromatic rings. The van der Waals surface area contributed by atoms with Gasteiger partial charge in [-0.25, -0.2) is 0 Å². The van der Waals surface area contributed by atoms with E-state index in [1.54, 1.807) is 0 Å². The first-order valence-electron chi connectivity index (χ1n) is 21.4. The van der Waals surface area contributed by atoms with Gasteiger partial charge in [0, 0.05) is 16.2 Å². The monoisotopic (exact) mass is 655 g/mol. The molecule has 1 heterocycles. The van der Waals surface area contributed by atoms with Crippen LogP contribution in [0.3, 0.4) is 0 Å². The molecule has 0 saturated carbocycles. The van der Waals surface area contributed by atoms with Gasteiger partial charge in [-0.15, -0.1) is 0 Å². The van der Waals surface area contributed by atoms with E-state index < -0.39 is 42.3 Å². The highest BCUT2D eigenvalue weighted by Gasteiger charge is 2.23. The lowest BCUT2D eigenvalue weighted by Gasteiger charge is -2.22. The van der Waals surface area contributed by atoms with E-state index in [9.17, 15) is 2.74 Å². The number of hydrogen-bond acceptors (Lipinski definition) is 1. The molecule has 0 aliphatic heterocycles. The molecule has 236 valence electrons. The van der Waals surface area contributed by atoms with Crippen molar-refractivity contribution in [1.29, 1.82) is 0 Å². The standard InChI is InChI=1S/C50H30O/c1-4-17-34-31(13-1)16-11-24-37(34)46-38-20-7-9-22-41(38)49(42-23-10-8-21-39(42)46)48-35-18-5-2-14-32(35)27-29-43(48)40-25-12-26-45-47(40)44-30-28-33-15-3-6-19-36(33)50(44)51-45/h1-30H/i3D,6D,12D,15D,19D,25D,26D,28D,30D. The summed E-state index contributed by atoms with van der Waals surface area (Å²) in [7, 11) is 0. The zero-order chi connectivity index (χ0) is 41.3. The van der Waals surface area contributed by atoms with Crippen molar-refractivity contribution in [1.82, 2.24) is 0 Å². The number of furan rings is 1. The summed E-state index contributed by atoms with van der Waals surface area (Å²) in [4.78, 5) is 0. The van der Waals surface area contributed by atoms with Crippen LogP contribution in [0.1, 0.15) is 12.3 Å². The van der Waals surface area contributed by atoms with Crippen LogP contribution in [-0.4, -0.2) is 0 Å². The normalized spacial score (nSPS) is 14.4. The predicted octanol–water partition coefficient (Wildman–Crippen LogP) is 14.4. The molecule has 0 fully saturated rings. The zero-order valence-corrected chi connectivity index (χ0v) is 27.0. The fourth-order valence-corrected chi connectivity index (χ4v) is 8.05. The fourth-order valence-electron chi connectivity index (χ4n) is 8.05. The van der Waals surface area contributed by atoms with Gasteiger partial charge in [0.15, 0.2) is 0 Å². The summed E-state index contributed by atoms with van der Waals surface area (Å²) in [6.07, 6.45) is 0. The molecule has 1 aromatic heterocycles. The second kappa shape index (κ2) is 10.9. The average Bonchev–Trinajstić information content (AvgIpc) is 3.67. The van der Waals surface area contributed by atoms with Crippen LogP contribution in [-0.2, 0) is 0 Å². The van der Waals surface area contributed by atoms with E-state index in [1.807, 2.05) is 66.7 Å². The summed E-state index contributed by atoms with van der Waals surface area (Å²) >= 11 is 0. The van der Waals surface area contributed by atoms with Gasteiger partial charge in [0.05, 0.1) is 12.3 Å². The summed E-state index contributed by atoms with van der Waals surface area (Å²) in [6.45, 7) is 0. The van der Waals surface area contributed by atoms with Crippen LogP contribution in [0.5, 0.6) is 0 Å². The molecule has 0 unspecified atom stereocenters. The predicted molar refractivity (Wildman–Crippen MR) is 218 cm³/mol. The van der Waals surface area contributed by atoms with E-state index in [1.165, 1.54) is 0 Å². The Hall–Kier alpha value is -6.70. The third kappa shape index (κ3) is 4.09. The topological polar surface area (TPSA) is 13.1 Å². The largest absolute Gasteiger partial charge is 0.455 e. The van der Waals surface area contributed by atoms with Crippen LogP contribution >= 0.6 is 0 Å². The van der Waals surface area contributed by atoms with Crippen molar-refractivity contribution >= 4 is 75.8 Å². The zero-order valence-electron chi connectivity index (χ0n) is 36.0. The van der Waals surface area contributed by atoms with E-state index in [0.29, 0.717) is 5.56 Å². The minimum atomic E-state index is -0.536. The van der Waals surface area contributed by atoms with Crippen molar-refractivity contribution in [2.75, 3.05) is 0 Å². The minimum Gasteiger partial charge on any atom is -0.455 e. The molecule has 0 N–H and O–H groups in total. The molecular weight excluding hydrogens is 617 g/mol. The molecule has 0 saturated heterocycles. The Morgan fingerprint density at radius 3 is 1.73 bits per heavy atom. The first-order valence-corrected chi connectivity index (χ1v) is 16.9. The lowest BCUT2D eigenvalue weighted by Crippen LogP contribution is -1.94. The third-order valence-electron chi connectivity index (χ3n) is 10.2. The van der Waals surface area contributed by atoms with E-state index in [0.717, 1.165) is 65.3 Å². The Morgan fingerprint density at radius 1 is 0.333 bits per heavy atom. The molecule has 10 aromatic carbocycles. The Morgan fingerprint density at radius 2 is 0.961 bits per heavy atom. The first-order chi connectivity index (χ1) is 29.1. The molecule has 0 atom stereocenters. The van der Waals surface area contributed by atoms with Gasteiger partial charge in [-0.05, 0) is 93.9 Å². The number of hydrogen-bond donors (Lipinski definition) is 0. The van der Waals surface area contributed by atoms with E-state index in [2.05, 4.69) is 60.7 Å². The van der Waals surface area contributed by atoms with Gasteiger partial charge in [-0.3, -0.25) is 0 Å². The quantitative estimate of drug-likeness (QED) is 0.173. The van der Waals surface area contributed by atoms with Crippen LogP contribution in [0.2, 0.25) is 0 Å². The highest BCUT2D eigenvalue weighted by molar-refractivity contribution is 6.28. The minimum absolute atomic E-state index is 0.0460. The van der Waals surface area contributed by atoms with Gasteiger partial charge < -0.3 is 4.42 Å². The molecule has 0 bridgehead atoms. The molecule has 51 heavy (non-hydrogen) atoms. The smallest absolute Gasteiger partial charge is 0.143 e. The maximum Gasteiger partial charge on any atom is 0.143 e. The van der Waals surface area contributed by atoms with Crippen molar-refractivity contribution in [2.45, 2.75) is 0 Å². The molecular formula is C50H30O. The Balaban J connectivity index is 1.36. The Bertz CT molecular complexity index is 3660. The van der Waals surface area contributed by atoms with Gasteiger partial charge in [-0.2, -0.15) is 0 Å². The van der Waals surface area contributed by atoms with Crippen molar-refractivity contribution < 1.29 is 16.8 Å². The van der Waals surface area contributed by atoms with Crippen molar-refractivity contribution in [3.8, 4) is 33.4 Å². The summed E-state index contributed by atoms with van der Waals surface area (Å²) in [5, 5.41) is 7.95. The van der Waals surface area contributed by atoms with Crippen LogP contribution in [0.25, 0.3) is 109 Å². The van der Waals surface area contributed by atoms with Crippen LogP contribution < -0.4 is 0 Å². The highest BCUT2D eigenvalue weighted by Crippen LogP contribution is 2.50. The molecule has 11 rings (SSSR count). The molecule has 0 spiro atoms. The Kier molecular flexibility index (Phi) is 4.43. The SMILES string of the molecule is [2H]c1c([2H])c(-c2ccc3ccccc3c2-c2c3ccccc3c(-c3cccc4ccccc34)c3ccccc23)c2c(oc3c4c([2H])c([2H])c([2H])c([2H])c4c([2H])c([2H])c32)c1[2H]. The van der Waals surface area contributed by atoms with Crippen molar-refractivity contribution in [3.63, 3.8) is 0 Å². The third-order valence-corrected chi connectivity index (χ3v) is 10.2. The summed E-state index contributed by atoms with van der Waals surface area (Å²) < 4.78 is 87.1. The number of fused-ring (bicyclic) bond motifs is 9. The maximum absolute atomic E-state index is 9.63. The van der Waals surface area contributed by atoms with Crippen LogP contribution in [0, 0.1) is 0 Å². The Labute approximate surface area is 307 Å². The lowest BCUT2D eigenvalue weighted by molar-refractivity contribution is 0.673. The van der Waals surface area contributed by atoms with E-state index in [4.69, 9.17) is 14.0 Å². The van der Waals surface area contributed by atoms with Gasteiger partial charge in [0.2, 0.25) is 0 Å². The van der Waals surface area contributed by atoms with Gasteiger partial charge in [0.25, 0.3) is 0 Å². The first kappa shape index (κ1) is 20.7. The number of rotatable bonds is 3. The van der Waals surface area contributed by atoms with Gasteiger partial charge in [0.1, 0.15) is 11.2 Å². The number of benzene rings is 10. The molecule has 1 heteroatoms. The molecule has 1 nitrogen and oxygen atoms in total. The van der Waals surface area contributed by atoms with E-state index >= 15 is 0 Å². The summed E-state index contributed by atoms with van der Waals surface area (Å²) in [5.74, 6) is 0. The molecule has 0 amide bonds. The molecule has 0 radical (unpaired) electrons.